The number of carbonyl (C=O) groups excluding carboxylic acids is 1. The van der Waals surface area contributed by atoms with Crippen LogP contribution in [0.1, 0.15) is 24.8 Å². The molecule has 1 fully saturated rings. The Morgan fingerprint density at radius 1 is 1.14 bits per heavy atom. The highest BCUT2D eigenvalue weighted by Gasteiger charge is 2.23. The van der Waals surface area contributed by atoms with E-state index in [1.165, 1.54) is 0 Å². The van der Waals surface area contributed by atoms with E-state index in [2.05, 4.69) is 6.58 Å². The van der Waals surface area contributed by atoms with Gasteiger partial charge in [0.2, 0.25) is 0 Å². The largest absolute Gasteiger partial charge is 0.393 e. The molecule has 0 aliphatic heterocycles. The Balaban J connectivity index is 0.000000255. The molecule has 0 bridgehead atoms. The number of benzene rings is 1. The van der Waals surface area contributed by atoms with Crippen LogP contribution in [-0.4, -0.2) is 22.1 Å². The summed E-state index contributed by atoms with van der Waals surface area (Å²) in [6.45, 7) is 3.69. The van der Waals surface area contributed by atoms with Gasteiger partial charge in [-0.1, -0.05) is 67.3 Å². The summed E-state index contributed by atoms with van der Waals surface area (Å²) in [5.74, 6) is 0.354. The molecular weight excluding hydrogens is 276 g/mol. The molecule has 0 radical (unpaired) electrons. The van der Waals surface area contributed by atoms with Gasteiger partial charge in [-0.25, -0.2) is 0 Å². The molecule has 2 unspecified atom stereocenters. The maximum absolute atomic E-state index is 11.1. The maximum atomic E-state index is 11.1. The van der Waals surface area contributed by atoms with Crippen LogP contribution in [0.2, 0.25) is 0 Å². The van der Waals surface area contributed by atoms with E-state index in [-0.39, 0.29) is 18.3 Å². The number of hydrogen-bond donors (Lipinski definition) is 2. The lowest BCUT2D eigenvalue weighted by Gasteiger charge is -2.21. The number of Topliss-reactive ketones (excluding diaryl/α,β-unsaturated/α-hetero) is 1. The second kappa shape index (κ2) is 10.7. The van der Waals surface area contributed by atoms with E-state index in [9.17, 15) is 9.90 Å². The fraction of sp³-hybridized carbons (Fsp3) is 0.316. The minimum absolute atomic E-state index is 0.140. The molecule has 0 heterocycles. The van der Waals surface area contributed by atoms with Gasteiger partial charge in [-0.2, -0.15) is 0 Å². The zero-order valence-electron chi connectivity index (χ0n) is 12.8. The van der Waals surface area contributed by atoms with Gasteiger partial charge in [-0.05, 0) is 17.9 Å². The molecule has 2 N–H and O–H groups in total. The Morgan fingerprint density at radius 2 is 1.86 bits per heavy atom. The van der Waals surface area contributed by atoms with E-state index < -0.39 is 6.10 Å². The molecule has 3 heteroatoms. The fourth-order valence-electron chi connectivity index (χ4n) is 2.25. The maximum Gasteiger partial charge on any atom is 0.136 e. The molecule has 2 rings (SSSR count). The van der Waals surface area contributed by atoms with E-state index >= 15 is 0 Å². The van der Waals surface area contributed by atoms with Gasteiger partial charge in [-0.3, -0.25) is 4.79 Å². The molecule has 0 spiro atoms. The minimum atomic E-state index is -0.450. The van der Waals surface area contributed by atoms with Gasteiger partial charge in [-0.15, -0.1) is 0 Å². The average Bonchev–Trinajstić information content (AvgIpc) is 2.52. The second-order valence-corrected chi connectivity index (χ2v) is 5.25. The molecule has 1 aromatic rings. The predicted molar refractivity (Wildman–Crippen MR) is 89.2 cm³/mol. The minimum Gasteiger partial charge on any atom is -0.393 e. The van der Waals surface area contributed by atoms with Crippen LogP contribution in [0.4, 0.5) is 0 Å². The summed E-state index contributed by atoms with van der Waals surface area (Å²) in [6.07, 6.45) is 10.4. The Hall–Kier alpha value is -1.97. The van der Waals surface area contributed by atoms with Crippen molar-refractivity contribution in [1.82, 2.24) is 0 Å². The molecule has 1 saturated carbocycles. The van der Waals surface area contributed by atoms with E-state index in [0.717, 1.165) is 5.56 Å². The van der Waals surface area contributed by atoms with Crippen molar-refractivity contribution in [3.63, 3.8) is 0 Å². The van der Waals surface area contributed by atoms with Crippen LogP contribution in [0.25, 0.3) is 0 Å². The second-order valence-electron chi connectivity index (χ2n) is 5.25. The van der Waals surface area contributed by atoms with Gasteiger partial charge in [0.25, 0.3) is 0 Å². The Kier molecular flexibility index (Phi) is 8.80. The summed E-state index contributed by atoms with van der Waals surface area (Å²) in [6, 6.07) is 9.52. The summed E-state index contributed by atoms with van der Waals surface area (Å²) >= 11 is 0. The average molecular weight is 300 g/mol. The first-order valence-corrected chi connectivity index (χ1v) is 7.46. The number of allylic oxidation sites excluding steroid dienone is 5. The van der Waals surface area contributed by atoms with Crippen LogP contribution in [0.5, 0.6) is 0 Å². The van der Waals surface area contributed by atoms with Crippen molar-refractivity contribution in [3.8, 4) is 0 Å². The van der Waals surface area contributed by atoms with Crippen LogP contribution < -0.4 is 0 Å². The number of carbonyl (C=O) groups is 1. The van der Waals surface area contributed by atoms with Crippen molar-refractivity contribution in [2.24, 2.45) is 5.92 Å². The standard InChI is InChI=1S/C12H16O2.C7H8O/c1-2-3-4-5-6-10-7-11(13)9-12(14)8-10;8-6-7-4-2-1-3-5-7/h2-6,10-11,13H,1,7-9H2;1-5,8H,6H2/b4-3-,6-5+;. The highest BCUT2D eigenvalue weighted by Crippen LogP contribution is 2.22. The third-order valence-electron chi connectivity index (χ3n) is 3.29. The van der Waals surface area contributed by atoms with Crippen molar-refractivity contribution in [2.75, 3.05) is 0 Å². The van der Waals surface area contributed by atoms with Crippen LogP contribution in [0.15, 0.2) is 67.3 Å². The Morgan fingerprint density at radius 3 is 2.41 bits per heavy atom. The third kappa shape index (κ3) is 7.72. The Bertz CT molecular complexity index is 503. The first kappa shape index (κ1) is 18.1. The summed E-state index contributed by atoms with van der Waals surface area (Å²) in [5, 5.41) is 17.9. The van der Waals surface area contributed by atoms with Gasteiger partial charge in [0, 0.05) is 12.8 Å². The van der Waals surface area contributed by atoms with Crippen molar-refractivity contribution in [1.29, 1.82) is 0 Å². The van der Waals surface area contributed by atoms with Gasteiger partial charge in [0.1, 0.15) is 5.78 Å². The number of hydrogen-bond acceptors (Lipinski definition) is 3. The first-order chi connectivity index (χ1) is 10.7. The molecule has 3 nitrogen and oxygen atoms in total. The lowest BCUT2D eigenvalue weighted by Crippen LogP contribution is -2.25. The van der Waals surface area contributed by atoms with Gasteiger partial charge >= 0.3 is 0 Å². The number of rotatable bonds is 4. The smallest absolute Gasteiger partial charge is 0.136 e. The van der Waals surface area contributed by atoms with Crippen LogP contribution in [-0.2, 0) is 11.4 Å². The van der Waals surface area contributed by atoms with Gasteiger partial charge in [0.05, 0.1) is 12.7 Å². The van der Waals surface area contributed by atoms with Crippen LogP contribution in [0, 0.1) is 5.92 Å². The normalized spacial score (nSPS) is 21.6. The molecule has 0 aromatic heterocycles. The van der Waals surface area contributed by atoms with E-state index in [0.29, 0.717) is 19.3 Å². The summed E-state index contributed by atoms with van der Waals surface area (Å²) in [5.41, 5.74) is 0.965. The predicted octanol–water partition coefficient (Wildman–Crippen LogP) is 3.19. The van der Waals surface area contributed by atoms with E-state index in [4.69, 9.17) is 5.11 Å². The molecular formula is C19H24O3. The molecule has 0 saturated heterocycles. The molecule has 1 aliphatic rings. The van der Waals surface area contributed by atoms with Gasteiger partial charge < -0.3 is 10.2 Å². The summed E-state index contributed by atoms with van der Waals surface area (Å²) < 4.78 is 0. The quantitative estimate of drug-likeness (QED) is 0.840. The lowest BCUT2D eigenvalue weighted by molar-refractivity contribution is -0.124. The molecule has 22 heavy (non-hydrogen) atoms. The third-order valence-corrected chi connectivity index (χ3v) is 3.29. The first-order valence-electron chi connectivity index (χ1n) is 7.46. The molecule has 0 amide bonds. The summed E-state index contributed by atoms with van der Waals surface area (Å²) in [7, 11) is 0. The van der Waals surface area contributed by atoms with Crippen molar-refractivity contribution >= 4 is 5.78 Å². The lowest BCUT2D eigenvalue weighted by atomic mass is 9.86. The number of aliphatic hydroxyl groups is 2. The number of ketones is 1. The topological polar surface area (TPSA) is 57.5 Å². The fourth-order valence-corrected chi connectivity index (χ4v) is 2.25. The van der Waals surface area contributed by atoms with Crippen LogP contribution >= 0.6 is 0 Å². The zero-order chi connectivity index (χ0) is 16.2. The number of aliphatic hydroxyl groups excluding tert-OH is 2. The molecule has 1 aliphatic carbocycles. The Labute approximate surface area is 132 Å². The van der Waals surface area contributed by atoms with Gasteiger partial charge in [0.15, 0.2) is 0 Å². The highest BCUT2D eigenvalue weighted by molar-refractivity contribution is 5.80. The van der Waals surface area contributed by atoms with E-state index in [1.807, 2.05) is 54.6 Å². The summed E-state index contributed by atoms with van der Waals surface area (Å²) in [4.78, 5) is 11.1. The molecule has 2 atom stereocenters. The van der Waals surface area contributed by atoms with Crippen molar-refractivity contribution in [3.05, 3.63) is 72.9 Å². The van der Waals surface area contributed by atoms with Crippen molar-refractivity contribution in [2.45, 2.75) is 32.0 Å². The van der Waals surface area contributed by atoms with Crippen molar-refractivity contribution < 1.29 is 15.0 Å². The zero-order valence-corrected chi connectivity index (χ0v) is 12.8. The van der Waals surface area contributed by atoms with E-state index in [1.54, 1.807) is 6.08 Å². The highest BCUT2D eigenvalue weighted by atomic mass is 16.3. The monoisotopic (exact) mass is 300 g/mol. The molecule has 1 aromatic carbocycles. The SMILES string of the molecule is C=C/C=C\C=C\C1CC(=O)CC(O)C1.OCc1ccccc1. The molecule has 118 valence electrons. The van der Waals surface area contributed by atoms with Crippen LogP contribution in [0.3, 0.4) is 0 Å².